The molecule has 0 amide bonds. The van der Waals surface area contributed by atoms with Crippen molar-refractivity contribution in [2.24, 2.45) is 5.92 Å². The second kappa shape index (κ2) is 4.51. The molecule has 0 aliphatic rings. The molecule has 0 saturated heterocycles. The van der Waals surface area contributed by atoms with Gasteiger partial charge in [0.1, 0.15) is 0 Å². The molecule has 0 aromatic carbocycles. The first-order valence-corrected chi connectivity index (χ1v) is 3.39. The van der Waals surface area contributed by atoms with Crippen LogP contribution in [0.2, 0.25) is 0 Å². The van der Waals surface area contributed by atoms with Gasteiger partial charge in [0.05, 0.1) is 12.5 Å². The van der Waals surface area contributed by atoms with Gasteiger partial charge < -0.3 is 5.11 Å². The molecule has 0 aliphatic heterocycles. The number of aliphatic carboxylic acids is 1. The fourth-order valence-corrected chi connectivity index (χ4v) is 0.701. The number of rotatable bonds is 3. The Morgan fingerprint density at radius 3 is 2.55 bits per heavy atom. The van der Waals surface area contributed by atoms with Crippen LogP contribution in [0.1, 0.15) is 20.3 Å². The average Bonchev–Trinajstić information content (AvgIpc) is 1.84. The van der Waals surface area contributed by atoms with E-state index < -0.39 is 5.97 Å². The van der Waals surface area contributed by atoms with Crippen molar-refractivity contribution in [1.82, 2.24) is 0 Å². The highest BCUT2D eigenvalue weighted by atomic mass is 16.4. The summed E-state index contributed by atoms with van der Waals surface area (Å²) in [6.45, 7) is 3.80. The van der Waals surface area contributed by atoms with Crippen LogP contribution in [0.15, 0.2) is 11.6 Å². The smallest absolute Gasteiger partial charge is 0.308 e. The Morgan fingerprint density at radius 1 is 1.73 bits per heavy atom. The number of nitriles is 1. The van der Waals surface area contributed by atoms with Gasteiger partial charge in [-0.05, 0) is 5.92 Å². The first kappa shape index (κ1) is 9.70. The van der Waals surface area contributed by atoms with Crippen LogP contribution in [0.4, 0.5) is 0 Å². The Morgan fingerprint density at radius 2 is 2.27 bits per heavy atom. The highest BCUT2D eigenvalue weighted by Crippen LogP contribution is 2.04. The van der Waals surface area contributed by atoms with Crippen LogP contribution in [0, 0.1) is 17.2 Å². The number of carboxylic acid groups (broad SMARTS) is 1. The number of nitrogens with zero attached hydrogens (tertiary/aromatic N) is 1. The zero-order chi connectivity index (χ0) is 8.85. The lowest BCUT2D eigenvalue weighted by molar-refractivity contribution is -0.136. The van der Waals surface area contributed by atoms with Crippen LogP contribution in [0.5, 0.6) is 0 Å². The van der Waals surface area contributed by atoms with Crippen molar-refractivity contribution in [3.8, 4) is 6.07 Å². The van der Waals surface area contributed by atoms with Crippen molar-refractivity contribution >= 4 is 5.97 Å². The third-order valence-corrected chi connectivity index (χ3v) is 1.02. The molecule has 60 valence electrons. The number of hydrogen-bond acceptors (Lipinski definition) is 2. The summed E-state index contributed by atoms with van der Waals surface area (Å²) >= 11 is 0. The minimum atomic E-state index is -0.960. The van der Waals surface area contributed by atoms with Gasteiger partial charge in [-0.3, -0.25) is 4.79 Å². The molecule has 0 radical (unpaired) electrons. The van der Waals surface area contributed by atoms with Gasteiger partial charge in [-0.1, -0.05) is 19.9 Å². The third kappa shape index (κ3) is 5.16. The number of carboxylic acids is 1. The lowest BCUT2D eigenvalue weighted by atomic mass is 10.1. The largest absolute Gasteiger partial charge is 0.481 e. The molecule has 11 heavy (non-hydrogen) atoms. The lowest BCUT2D eigenvalue weighted by Crippen LogP contribution is -1.97. The van der Waals surface area contributed by atoms with Crippen LogP contribution in [-0.4, -0.2) is 11.1 Å². The molecule has 0 saturated carbocycles. The zero-order valence-electron chi connectivity index (χ0n) is 6.66. The maximum Gasteiger partial charge on any atom is 0.308 e. The quantitative estimate of drug-likeness (QED) is 0.626. The van der Waals surface area contributed by atoms with Crippen LogP contribution < -0.4 is 0 Å². The van der Waals surface area contributed by atoms with Gasteiger partial charge in [-0.2, -0.15) is 5.26 Å². The minimum absolute atomic E-state index is 0.172. The molecule has 3 heteroatoms. The fourth-order valence-electron chi connectivity index (χ4n) is 0.701. The molecule has 0 aromatic rings. The predicted octanol–water partition coefficient (Wildman–Crippen LogP) is 1.57. The van der Waals surface area contributed by atoms with Crippen molar-refractivity contribution in [1.29, 1.82) is 5.26 Å². The molecule has 0 rings (SSSR count). The normalized spacial score (nSPS) is 11.3. The summed E-state index contributed by atoms with van der Waals surface area (Å²) < 4.78 is 0. The van der Waals surface area contributed by atoms with Crippen LogP contribution >= 0.6 is 0 Å². The lowest BCUT2D eigenvalue weighted by Gasteiger charge is -1.96. The molecule has 0 aliphatic carbocycles. The molecule has 0 atom stereocenters. The monoisotopic (exact) mass is 153 g/mol. The van der Waals surface area contributed by atoms with Gasteiger partial charge >= 0.3 is 5.97 Å². The number of allylic oxidation sites excluding steroid dienone is 1. The first-order valence-electron chi connectivity index (χ1n) is 3.39. The standard InChI is InChI=1S/C8H11NO2/c1-6(2)3-7(5-9)4-8(10)11/h3,6H,4H2,1-2H3,(H,10,11)/b7-3-. The summed E-state index contributed by atoms with van der Waals surface area (Å²) in [5, 5.41) is 16.8. The van der Waals surface area contributed by atoms with E-state index in [9.17, 15) is 4.79 Å². The molecule has 0 aromatic heterocycles. The second-order valence-corrected chi connectivity index (χ2v) is 2.62. The zero-order valence-corrected chi connectivity index (χ0v) is 6.66. The molecule has 0 bridgehead atoms. The van der Waals surface area contributed by atoms with Crippen molar-refractivity contribution in [3.63, 3.8) is 0 Å². The maximum absolute atomic E-state index is 10.2. The molecular weight excluding hydrogens is 142 g/mol. The van der Waals surface area contributed by atoms with Gasteiger partial charge in [0.15, 0.2) is 0 Å². The van der Waals surface area contributed by atoms with Gasteiger partial charge in [0.2, 0.25) is 0 Å². The third-order valence-electron chi connectivity index (χ3n) is 1.02. The van der Waals surface area contributed by atoms with Crippen LogP contribution in [0.3, 0.4) is 0 Å². The summed E-state index contributed by atoms with van der Waals surface area (Å²) in [5.74, 6) is -0.734. The van der Waals surface area contributed by atoms with E-state index in [-0.39, 0.29) is 12.3 Å². The van der Waals surface area contributed by atoms with E-state index in [1.54, 1.807) is 6.08 Å². The molecule has 0 fully saturated rings. The van der Waals surface area contributed by atoms with Gasteiger partial charge in [-0.25, -0.2) is 0 Å². The van der Waals surface area contributed by atoms with E-state index in [0.29, 0.717) is 5.57 Å². The van der Waals surface area contributed by atoms with Crippen LogP contribution in [-0.2, 0) is 4.79 Å². The Bertz CT molecular complexity index is 211. The SMILES string of the molecule is CC(C)/C=C(\C#N)CC(=O)O. The summed E-state index contributed by atoms with van der Waals surface area (Å²) in [5.41, 5.74) is 0.326. The van der Waals surface area contributed by atoms with E-state index in [2.05, 4.69) is 0 Å². The van der Waals surface area contributed by atoms with E-state index in [1.165, 1.54) is 0 Å². The number of hydrogen-bond donors (Lipinski definition) is 1. The summed E-state index contributed by atoms with van der Waals surface area (Å²) in [6, 6.07) is 1.84. The van der Waals surface area contributed by atoms with E-state index in [0.717, 1.165) is 0 Å². The fraction of sp³-hybridized carbons (Fsp3) is 0.500. The molecule has 3 nitrogen and oxygen atoms in total. The Kier molecular flexibility index (Phi) is 3.97. The molecule has 1 N–H and O–H groups in total. The van der Waals surface area contributed by atoms with Crippen molar-refractivity contribution in [2.75, 3.05) is 0 Å². The van der Waals surface area contributed by atoms with Gasteiger partial charge in [0, 0.05) is 5.57 Å². The Balaban J connectivity index is 4.20. The highest BCUT2D eigenvalue weighted by molar-refractivity contribution is 5.71. The molecule has 0 heterocycles. The second-order valence-electron chi connectivity index (χ2n) is 2.62. The Hall–Kier alpha value is -1.30. The van der Waals surface area contributed by atoms with E-state index >= 15 is 0 Å². The highest BCUT2D eigenvalue weighted by Gasteiger charge is 2.02. The van der Waals surface area contributed by atoms with Crippen molar-refractivity contribution < 1.29 is 9.90 Å². The number of carbonyl (C=O) groups is 1. The Labute approximate surface area is 66.0 Å². The molecular formula is C8H11NO2. The minimum Gasteiger partial charge on any atom is -0.481 e. The topological polar surface area (TPSA) is 61.1 Å². The van der Waals surface area contributed by atoms with Crippen molar-refractivity contribution in [2.45, 2.75) is 20.3 Å². The van der Waals surface area contributed by atoms with E-state index in [1.807, 2.05) is 19.9 Å². The van der Waals surface area contributed by atoms with Crippen LogP contribution in [0.25, 0.3) is 0 Å². The van der Waals surface area contributed by atoms with Crippen molar-refractivity contribution in [3.05, 3.63) is 11.6 Å². The van der Waals surface area contributed by atoms with Gasteiger partial charge in [-0.15, -0.1) is 0 Å². The molecule has 0 unspecified atom stereocenters. The predicted molar refractivity (Wildman–Crippen MR) is 40.8 cm³/mol. The summed E-state index contributed by atoms with van der Waals surface area (Å²) in [7, 11) is 0. The average molecular weight is 153 g/mol. The van der Waals surface area contributed by atoms with E-state index in [4.69, 9.17) is 10.4 Å². The summed E-state index contributed by atoms with van der Waals surface area (Å²) in [4.78, 5) is 10.2. The summed E-state index contributed by atoms with van der Waals surface area (Å²) in [6.07, 6.45) is 1.49. The molecule has 0 spiro atoms. The maximum atomic E-state index is 10.2. The first-order chi connectivity index (χ1) is 5.06. The van der Waals surface area contributed by atoms with Gasteiger partial charge in [0.25, 0.3) is 0 Å².